The smallest absolute Gasteiger partial charge is 0.233 e. The highest BCUT2D eigenvalue weighted by atomic mass is 28.3. The van der Waals surface area contributed by atoms with Gasteiger partial charge in [-0.05, 0) is 36.4 Å². The van der Waals surface area contributed by atoms with Gasteiger partial charge in [0.1, 0.15) is 23.7 Å². The Morgan fingerprint density at radius 3 is 0.702 bits per heavy atom. The maximum absolute atomic E-state index is 2.45. The topological polar surface area (TPSA) is 17.6 Å². The minimum Gasteiger partial charge on any atom is -0.233 e. The van der Waals surface area contributed by atoms with Crippen LogP contribution >= 0.6 is 0 Å². The molecule has 2 aromatic heterocycles. The number of hydrogen-bond acceptors (Lipinski definition) is 0. The molecule has 0 fully saturated rings. The summed E-state index contributed by atoms with van der Waals surface area (Å²) in [5, 5.41) is 0. The third kappa shape index (κ3) is 12.1. The lowest BCUT2D eigenvalue weighted by Crippen LogP contribution is -2.74. The lowest BCUT2D eigenvalue weighted by Gasteiger charge is -2.44. The second-order valence-electron chi connectivity index (χ2n) is 24.9. The van der Waals surface area contributed by atoms with E-state index in [-0.39, 0.29) is 0 Å². The van der Waals surface area contributed by atoms with Crippen molar-refractivity contribution in [1.29, 1.82) is 0 Å². The fourth-order valence-corrected chi connectivity index (χ4v) is 15.6. The van der Waals surface area contributed by atoms with Gasteiger partial charge in [0.2, 0.25) is 12.7 Å². The standard InChI is InChI=1S/C28H36N4Si2.2C24H20B/c1-33(2,3)21-29-19-31(27-16-9-7-14-25(27)29)23-12-11-13-24(18-23)32-20-30(22-34(4,5)6)26-15-8-10-17-28(26)32;2*1-5-13-21(14-6-1)25(22-15-7-2-8-16-22,23-17-9-3-10-18-23)24-19-11-4-12-20-24/h7-20H,21-22H2,1-6H3;2*1-20H/q+2;2*-1. The van der Waals surface area contributed by atoms with Crippen molar-refractivity contribution < 1.29 is 9.13 Å². The molecule has 0 saturated heterocycles. The second kappa shape index (κ2) is 25.2. The summed E-state index contributed by atoms with van der Waals surface area (Å²) >= 11 is 0. The molecule has 0 radical (unpaired) electrons. The van der Waals surface area contributed by atoms with Gasteiger partial charge in [-0.1, -0.05) is 312 Å². The summed E-state index contributed by atoms with van der Waals surface area (Å²) in [4.78, 5) is 0. The highest BCUT2D eigenvalue weighted by Crippen LogP contribution is 2.24. The van der Waals surface area contributed by atoms with Crippen LogP contribution in [0.1, 0.15) is 0 Å². The Hall–Kier alpha value is -9.08. The van der Waals surface area contributed by atoms with Crippen molar-refractivity contribution in [1.82, 2.24) is 9.13 Å². The number of fused-ring (bicyclic) bond motifs is 2. The summed E-state index contributed by atoms with van der Waals surface area (Å²) < 4.78 is 9.59. The van der Waals surface area contributed by atoms with E-state index in [1.807, 2.05) is 0 Å². The van der Waals surface area contributed by atoms with Gasteiger partial charge in [-0.3, -0.25) is 0 Å². The molecule has 0 aliphatic rings. The Balaban J connectivity index is 0.000000134. The maximum Gasteiger partial charge on any atom is 0.249 e. The first-order chi connectivity index (χ1) is 40.9. The first-order valence-electron chi connectivity index (χ1n) is 29.8. The number of benzene rings is 11. The molecule has 0 spiro atoms. The van der Waals surface area contributed by atoms with Crippen LogP contribution in [0.15, 0.2) is 328 Å². The van der Waals surface area contributed by atoms with Crippen LogP contribution in [0, 0.1) is 0 Å². The van der Waals surface area contributed by atoms with Crippen molar-refractivity contribution in [3.63, 3.8) is 0 Å². The van der Waals surface area contributed by atoms with Crippen LogP contribution in [-0.2, 0) is 12.3 Å². The quantitative estimate of drug-likeness (QED) is 0.0763. The fourth-order valence-electron chi connectivity index (χ4n) is 13.1. The summed E-state index contributed by atoms with van der Waals surface area (Å²) in [6.45, 7) is 14.6. The van der Waals surface area contributed by atoms with E-state index in [1.165, 1.54) is 77.1 Å². The molecule has 13 rings (SSSR count). The zero-order valence-corrected chi connectivity index (χ0v) is 51.5. The van der Waals surface area contributed by atoms with E-state index >= 15 is 0 Å². The monoisotopic (exact) mass is 1120 g/mol. The Labute approximate surface area is 500 Å². The van der Waals surface area contributed by atoms with Gasteiger partial charge in [0.25, 0.3) is 0 Å². The molecule has 11 aromatic carbocycles. The predicted molar refractivity (Wildman–Crippen MR) is 367 cm³/mol. The molecule has 0 atom stereocenters. The highest BCUT2D eigenvalue weighted by Gasteiger charge is 2.33. The van der Waals surface area contributed by atoms with Gasteiger partial charge in [0.15, 0.2) is 22.1 Å². The van der Waals surface area contributed by atoms with Gasteiger partial charge in [0, 0.05) is 6.07 Å². The maximum atomic E-state index is 2.45. The minimum atomic E-state index is -1.27. The Morgan fingerprint density at radius 1 is 0.262 bits per heavy atom. The molecule has 0 N–H and O–H groups in total. The zero-order chi connectivity index (χ0) is 58.0. The molecular formula is C76H76B2N4Si2. The molecule has 0 aliphatic heterocycles. The summed E-state index contributed by atoms with van der Waals surface area (Å²) in [5.41, 5.74) is 18.2. The highest BCUT2D eigenvalue weighted by molar-refractivity contribution is 7.20. The number of hydrogen-bond donors (Lipinski definition) is 0. The molecule has 0 saturated carbocycles. The van der Waals surface area contributed by atoms with E-state index in [2.05, 4.69) is 386 Å². The van der Waals surface area contributed by atoms with Crippen LogP contribution in [0.2, 0.25) is 39.3 Å². The van der Waals surface area contributed by atoms with Gasteiger partial charge in [-0.25, -0.2) is 9.13 Å². The normalized spacial score (nSPS) is 11.8. The summed E-state index contributed by atoms with van der Waals surface area (Å²) in [7, 11) is -2.54. The van der Waals surface area contributed by atoms with Crippen LogP contribution < -0.4 is 52.8 Å². The molecule has 4 nitrogen and oxygen atoms in total. The van der Waals surface area contributed by atoms with Gasteiger partial charge in [0.05, 0.1) is 28.5 Å². The third-order valence-corrected chi connectivity index (χ3v) is 19.1. The lowest BCUT2D eigenvalue weighted by atomic mass is 9.13. The lowest BCUT2D eigenvalue weighted by molar-refractivity contribution is -0.655. The van der Waals surface area contributed by atoms with Crippen molar-refractivity contribution in [2.45, 2.75) is 51.6 Å². The van der Waals surface area contributed by atoms with E-state index in [9.17, 15) is 0 Å². The van der Waals surface area contributed by atoms with E-state index in [1.54, 1.807) is 0 Å². The molecule has 0 bridgehead atoms. The second-order valence-corrected chi connectivity index (χ2v) is 35.7. The Bertz CT molecular complexity index is 3590. The number of para-hydroxylation sites is 4. The number of nitrogens with zero attached hydrogens (tertiary/aromatic N) is 4. The Morgan fingerprint density at radius 2 is 0.476 bits per heavy atom. The minimum absolute atomic E-state index is 1.11. The fraction of sp³-hybridized carbons (Fsp3) is 0.105. The first kappa shape index (κ1) is 56.8. The van der Waals surface area contributed by atoms with Gasteiger partial charge in [-0.15, -0.1) is 0 Å². The molecular weight excluding hydrogens is 1050 g/mol. The number of aromatic nitrogens is 4. The molecule has 84 heavy (non-hydrogen) atoms. The van der Waals surface area contributed by atoms with Gasteiger partial charge in [-0.2, -0.15) is 52.8 Å². The third-order valence-electron chi connectivity index (χ3n) is 16.5. The molecule has 0 aliphatic carbocycles. The van der Waals surface area contributed by atoms with Crippen LogP contribution in [-0.4, -0.2) is 37.6 Å². The number of rotatable bonds is 14. The van der Waals surface area contributed by atoms with Gasteiger partial charge < -0.3 is 0 Å². The zero-order valence-electron chi connectivity index (χ0n) is 49.5. The molecule has 13 aromatic rings. The molecule has 8 heteroatoms. The molecule has 0 unspecified atom stereocenters. The van der Waals surface area contributed by atoms with Crippen LogP contribution in [0.25, 0.3) is 33.4 Å². The molecule has 2 heterocycles. The van der Waals surface area contributed by atoms with E-state index in [0.29, 0.717) is 0 Å². The predicted octanol–water partition coefficient (Wildman–Crippen LogP) is 12.0. The average molecular weight is 1120 g/mol. The first-order valence-corrected chi connectivity index (χ1v) is 37.2. The van der Waals surface area contributed by atoms with Crippen molar-refractivity contribution >= 4 is 94.2 Å². The van der Waals surface area contributed by atoms with Crippen molar-refractivity contribution in [2.75, 3.05) is 0 Å². The van der Waals surface area contributed by atoms with Gasteiger partial charge >= 0.3 is 0 Å². The van der Waals surface area contributed by atoms with E-state index in [4.69, 9.17) is 0 Å². The summed E-state index contributed by atoms with van der Waals surface area (Å²) in [6.07, 6.45) is 4.38. The average Bonchev–Trinajstić information content (AvgIpc) is 2.33. The van der Waals surface area contributed by atoms with Crippen molar-refractivity contribution in [3.8, 4) is 11.4 Å². The largest absolute Gasteiger partial charge is 0.249 e. The van der Waals surface area contributed by atoms with E-state index in [0.717, 1.165) is 12.3 Å². The molecule has 0 amide bonds. The van der Waals surface area contributed by atoms with Crippen LogP contribution in [0.4, 0.5) is 0 Å². The SMILES string of the molecule is C[Si](C)(C)C[n+]1cn(-c2cccc(-n3c[n+](C[Si](C)(C)C)c4ccccc43)c2)c2ccccc21.c1ccc([B-](c2ccccc2)(c2ccccc2)c2ccccc2)cc1.c1ccc([B-](c2ccccc2)(c2ccccc2)c2ccccc2)cc1. The van der Waals surface area contributed by atoms with E-state index < -0.39 is 28.4 Å². The van der Waals surface area contributed by atoms with Crippen molar-refractivity contribution in [3.05, 3.63) is 328 Å². The van der Waals surface area contributed by atoms with Crippen LogP contribution in [0.5, 0.6) is 0 Å². The van der Waals surface area contributed by atoms with Crippen molar-refractivity contribution in [2.24, 2.45) is 0 Å². The molecule has 414 valence electrons. The Kier molecular flexibility index (Phi) is 17.0. The van der Waals surface area contributed by atoms with Crippen LogP contribution in [0.3, 0.4) is 0 Å². The number of imidazole rings is 2. The summed E-state index contributed by atoms with van der Waals surface area (Å²) in [5.74, 6) is 0. The summed E-state index contributed by atoms with van der Waals surface area (Å²) in [6, 6.07) is 114.